The number of rotatable bonds is 4. The summed E-state index contributed by atoms with van der Waals surface area (Å²) in [5.74, 6) is 2.99. The van der Waals surface area contributed by atoms with Crippen LogP contribution in [0, 0.1) is 0 Å². The van der Waals surface area contributed by atoms with Gasteiger partial charge < -0.3 is 5.32 Å². The molecule has 6 nitrogen and oxygen atoms in total. The molecule has 3 aromatic rings. The lowest BCUT2D eigenvalue weighted by molar-refractivity contribution is 0.765. The maximum absolute atomic E-state index is 4.40. The fourth-order valence-electron chi connectivity index (χ4n) is 2.66. The molecule has 0 bridgehead atoms. The Bertz CT molecular complexity index is 766. The molecule has 7 heteroatoms. The van der Waals surface area contributed by atoms with Crippen LogP contribution in [0.25, 0.3) is 5.65 Å². The van der Waals surface area contributed by atoms with E-state index in [1.165, 1.54) is 18.6 Å². The van der Waals surface area contributed by atoms with Crippen LogP contribution in [0.4, 0.5) is 5.82 Å². The summed E-state index contributed by atoms with van der Waals surface area (Å²) in [5.41, 5.74) is 1.89. The molecule has 0 aliphatic carbocycles. The minimum atomic E-state index is 0.448. The summed E-state index contributed by atoms with van der Waals surface area (Å²) in [6, 6.07) is 3.96. The van der Waals surface area contributed by atoms with Gasteiger partial charge in [-0.15, -0.1) is 10.2 Å². The summed E-state index contributed by atoms with van der Waals surface area (Å²) in [5, 5.41) is 12.5. The molecule has 1 aliphatic heterocycles. The van der Waals surface area contributed by atoms with E-state index in [1.807, 2.05) is 36.3 Å². The molecule has 0 saturated carbocycles. The van der Waals surface area contributed by atoms with Crippen LogP contribution < -0.4 is 5.32 Å². The SMILES string of the molecule is c1cncc(CNc2nccn3c([C@@H]4CCCS4)nnc23)c1. The van der Waals surface area contributed by atoms with Crippen LogP contribution >= 0.6 is 11.8 Å². The summed E-state index contributed by atoms with van der Waals surface area (Å²) in [6.07, 6.45) is 9.78. The number of hydrogen-bond acceptors (Lipinski definition) is 6. The van der Waals surface area contributed by atoms with Gasteiger partial charge in [0, 0.05) is 31.3 Å². The van der Waals surface area contributed by atoms with E-state index in [4.69, 9.17) is 0 Å². The number of thioether (sulfide) groups is 1. The van der Waals surface area contributed by atoms with E-state index in [0.717, 1.165) is 22.9 Å². The highest BCUT2D eigenvalue weighted by Crippen LogP contribution is 2.39. The van der Waals surface area contributed by atoms with Crippen molar-refractivity contribution in [3.63, 3.8) is 0 Å². The van der Waals surface area contributed by atoms with Gasteiger partial charge in [-0.05, 0) is 30.2 Å². The third kappa shape index (κ3) is 2.52. The van der Waals surface area contributed by atoms with Gasteiger partial charge in [-0.3, -0.25) is 9.38 Å². The maximum Gasteiger partial charge on any atom is 0.203 e. The highest BCUT2D eigenvalue weighted by Gasteiger charge is 2.23. The molecule has 0 radical (unpaired) electrons. The molecule has 1 N–H and O–H groups in total. The first-order valence-corrected chi connectivity index (χ1v) is 8.41. The van der Waals surface area contributed by atoms with Crippen LogP contribution in [0.2, 0.25) is 0 Å². The van der Waals surface area contributed by atoms with Gasteiger partial charge in [0.1, 0.15) is 0 Å². The molecule has 0 spiro atoms. The Morgan fingerprint density at radius 3 is 3.14 bits per heavy atom. The number of hydrogen-bond donors (Lipinski definition) is 1. The van der Waals surface area contributed by atoms with Crippen molar-refractivity contribution in [1.29, 1.82) is 0 Å². The van der Waals surface area contributed by atoms with Crippen molar-refractivity contribution in [3.05, 3.63) is 48.3 Å². The van der Waals surface area contributed by atoms with Gasteiger partial charge in [0.15, 0.2) is 11.6 Å². The lowest BCUT2D eigenvalue weighted by Crippen LogP contribution is -2.05. The number of aromatic nitrogens is 5. The van der Waals surface area contributed by atoms with E-state index < -0.39 is 0 Å². The Morgan fingerprint density at radius 2 is 2.32 bits per heavy atom. The zero-order chi connectivity index (χ0) is 14.8. The van der Waals surface area contributed by atoms with Crippen molar-refractivity contribution in [3.8, 4) is 0 Å². The zero-order valence-corrected chi connectivity index (χ0v) is 12.8. The van der Waals surface area contributed by atoms with Crippen LogP contribution in [0.1, 0.15) is 29.5 Å². The largest absolute Gasteiger partial charge is 0.363 e. The molecule has 112 valence electrons. The van der Waals surface area contributed by atoms with Gasteiger partial charge in [0.25, 0.3) is 0 Å². The van der Waals surface area contributed by atoms with E-state index >= 15 is 0 Å². The van der Waals surface area contributed by atoms with E-state index in [-0.39, 0.29) is 0 Å². The molecule has 4 heterocycles. The first kappa shape index (κ1) is 13.5. The predicted octanol–water partition coefficient (Wildman–Crippen LogP) is 2.70. The van der Waals surface area contributed by atoms with Crippen molar-refractivity contribution >= 4 is 23.2 Å². The van der Waals surface area contributed by atoms with Gasteiger partial charge in [0.05, 0.1) is 5.25 Å². The normalized spacial score (nSPS) is 17.9. The Hall–Kier alpha value is -2.15. The second-order valence-electron chi connectivity index (χ2n) is 5.24. The van der Waals surface area contributed by atoms with Crippen molar-refractivity contribution in [2.45, 2.75) is 24.6 Å². The van der Waals surface area contributed by atoms with Gasteiger partial charge in [-0.2, -0.15) is 11.8 Å². The fraction of sp³-hybridized carbons (Fsp3) is 0.333. The van der Waals surface area contributed by atoms with Gasteiger partial charge >= 0.3 is 0 Å². The second-order valence-corrected chi connectivity index (χ2v) is 6.55. The van der Waals surface area contributed by atoms with Crippen LogP contribution in [-0.4, -0.2) is 30.3 Å². The van der Waals surface area contributed by atoms with E-state index in [1.54, 1.807) is 12.4 Å². The molecule has 1 atom stereocenters. The van der Waals surface area contributed by atoms with Crippen LogP contribution in [0.15, 0.2) is 36.9 Å². The van der Waals surface area contributed by atoms with Crippen LogP contribution in [0.5, 0.6) is 0 Å². The highest BCUT2D eigenvalue weighted by atomic mass is 32.2. The summed E-state index contributed by atoms with van der Waals surface area (Å²) in [6.45, 7) is 0.668. The molecule has 0 aromatic carbocycles. The molecule has 4 rings (SSSR count). The lowest BCUT2D eigenvalue weighted by atomic mass is 10.2. The number of nitrogens with one attached hydrogen (secondary N) is 1. The van der Waals surface area contributed by atoms with E-state index in [9.17, 15) is 0 Å². The molecule has 0 amide bonds. The maximum atomic E-state index is 4.40. The average Bonchev–Trinajstić information content (AvgIpc) is 3.22. The van der Waals surface area contributed by atoms with Crippen LogP contribution in [0.3, 0.4) is 0 Å². The average molecular weight is 312 g/mol. The molecule has 1 saturated heterocycles. The highest BCUT2D eigenvalue weighted by molar-refractivity contribution is 7.99. The number of pyridine rings is 1. The summed E-state index contributed by atoms with van der Waals surface area (Å²) >= 11 is 1.96. The minimum Gasteiger partial charge on any atom is -0.363 e. The molecular formula is C15H16N6S. The topological polar surface area (TPSA) is 68.0 Å². The summed E-state index contributed by atoms with van der Waals surface area (Å²) in [7, 11) is 0. The summed E-state index contributed by atoms with van der Waals surface area (Å²) in [4.78, 5) is 8.52. The van der Waals surface area contributed by atoms with E-state index in [2.05, 4.69) is 29.9 Å². The molecule has 3 aromatic heterocycles. The van der Waals surface area contributed by atoms with Gasteiger partial charge in [0.2, 0.25) is 5.65 Å². The van der Waals surface area contributed by atoms with Crippen molar-refractivity contribution < 1.29 is 0 Å². The van der Waals surface area contributed by atoms with Crippen molar-refractivity contribution in [2.24, 2.45) is 0 Å². The molecule has 1 aliphatic rings. The van der Waals surface area contributed by atoms with Crippen LogP contribution in [-0.2, 0) is 6.54 Å². The Kier molecular flexibility index (Phi) is 3.64. The minimum absolute atomic E-state index is 0.448. The summed E-state index contributed by atoms with van der Waals surface area (Å²) < 4.78 is 2.06. The first-order chi connectivity index (χ1) is 10.9. The lowest BCUT2D eigenvalue weighted by Gasteiger charge is -2.08. The zero-order valence-electron chi connectivity index (χ0n) is 12.0. The predicted molar refractivity (Wildman–Crippen MR) is 86.8 cm³/mol. The standard InChI is InChI=1S/C15H16N6S/c1-3-11(9-16-5-1)10-18-13-15-20-19-14(12-4-2-8-22-12)21(15)7-6-17-13/h1,3,5-7,9,12H,2,4,8,10H2,(H,17,18)/t12-/m0/s1. The number of nitrogens with zero attached hydrogens (tertiary/aromatic N) is 5. The third-order valence-corrected chi connectivity index (χ3v) is 5.13. The molecule has 0 unspecified atom stereocenters. The third-order valence-electron chi connectivity index (χ3n) is 3.75. The Labute approximate surface area is 132 Å². The number of anilines is 1. The molecular weight excluding hydrogens is 296 g/mol. The number of fused-ring (bicyclic) bond motifs is 1. The first-order valence-electron chi connectivity index (χ1n) is 7.36. The van der Waals surface area contributed by atoms with E-state index in [0.29, 0.717) is 11.8 Å². The second kappa shape index (κ2) is 5.92. The Morgan fingerprint density at radius 1 is 1.32 bits per heavy atom. The molecule has 22 heavy (non-hydrogen) atoms. The quantitative estimate of drug-likeness (QED) is 0.799. The van der Waals surface area contributed by atoms with Crippen molar-refractivity contribution in [1.82, 2.24) is 24.6 Å². The van der Waals surface area contributed by atoms with Crippen molar-refractivity contribution in [2.75, 3.05) is 11.1 Å². The van der Waals surface area contributed by atoms with Gasteiger partial charge in [-0.1, -0.05) is 6.07 Å². The van der Waals surface area contributed by atoms with Gasteiger partial charge in [-0.25, -0.2) is 4.98 Å². The smallest absolute Gasteiger partial charge is 0.203 e. The fourth-order valence-corrected chi connectivity index (χ4v) is 3.92. The monoisotopic (exact) mass is 312 g/mol. The molecule has 1 fully saturated rings. The Balaban J connectivity index is 1.61.